The van der Waals surface area contributed by atoms with Gasteiger partial charge in [0, 0.05) is 10.7 Å². The summed E-state index contributed by atoms with van der Waals surface area (Å²) in [6.45, 7) is 0. The number of nitrogens with zero attached hydrogens (tertiary/aromatic N) is 2. The lowest BCUT2D eigenvalue weighted by Crippen LogP contribution is -2.14. The second kappa shape index (κ2) is 8.84. The molecular weight excluding hydrogens is 431 g/mol. The van der Waals surface area contributed by atoms with Crippen LogP contribution in [0, 0.1) is 0 Å². The van der Waals surface area contributed by atoms with Gasteiger partial charge in [-0.1, -0.05) is 46.6 Å². The summed E-state index contributed by atoms with van der Waals surface area (Å²) in [4.78, 5) is 16.5. The standard InChI is InChI=1S/C17H13Cl3N4O2S/c1-26-14-5-2-9(18)6-11(14)16-22-17(24-23-16)27-8-15(25)21-10-3-4-12(19)13(20)7-10/h2-7H,8H2,1H3,(H,21,25)(H,22,23,24). The van der Waals surface area contributed by atoms with E-state index in [-0.39, 0.29) is 11.7 Å². The molecule has 2 aromatic carbocycles. The predicted octanol–water partition coefficient (Wildman–Crippen LogP) is 5.17. The van der Waals surface area contributed by atoms with Crippen LogP contribution in [0.5, 0.6) is 5.75 Å². The van der Waals surface area contributed by atoms with Gasteiger partial charge in [-0.25, -0.2) is 4.98 Å². The van der Waals surface area contributed by atoms with Crippen LogP contribution in [0.15, 0.2) is 41.6 Å². The Morgan fingerprint density at radius 2 is 2.00 bits per heavy atom. The van der Waals surface area contributed by atoms with Crippen LogP contribution in [0.2, 0.25) is 15.1 Å². The van der Waals surface area contributed by atoms with Crippen LogP contribution in [-0.2, 0) is 4.79 Å². The number of aromatic nitrogens is 3. The molecule has 140 valence electrons. The molecule has 10 heteroatoms. The average molecular weight is 444 g/mol. The maximum Gasteiger partial charge on any atom is 0.234 e. The molecule has 0 spiro atoms. The fourth-order valence-electron chi connectivity index (χ4n) is 2.20. The van der Waals surface area contributed by atoms with Crippen LogP contribution < -0.4 is 10.1 Å². The number of halogens is 3. The number of thioether (sulfide) groups is 1. The first kappa shape index (κ1) is 19.8. The van der Waals surface area contributed by atoms with Gasteiger partial charge in [0.05, 0.1) is 28.5 Å². The number of hydrogen-bond acceptors (Lipinski definition) is 5. The molecule has 0 bridgehead atoms. The normalized spacial score (nSPS) is 10.7. The van der Waals surface area contributed by atoms with Crippen LogP contribution in [0.1, 0.15) is 0 Å². The first-order valence-corrected chi connectivity index (χ1v) is 9.72. The molecule has 1 aromatic heterocycles. The lowest BCUT2D eigenvalue weighted by molar-refractivity contribution is -0.113. The number of anilines is 1. The molecule has 0 saturated carbocycles. The second-order valence-electron chi connectivity index (χ2n) is 5.28. The van der Waals surface area contributed by atoms with Crippen molar-refractivity contribution in [1.82, 2.24) is 15.2 Å². The van der Waals surface area contributed by atoms with E-state index in [1.165, 1.54) is 11.8 Å². The molecule has 0 fully saturated rings. The molecule has 0 unspecified atom stereocenters. The summed E-state index contributed by atoms with van der Waals surface area (Å²) in [5.41, 5.74) is 1.25. The van der Waals surface area contributed by atoms with Crippen molar-refractivity contribution in [2.24, 2.45) is 0 Å². The molecule has 6 nitrogen and oxygen atoms in total. The van der Waals surface area contributed by atoms with Gasteiger partial charge in [0.2, 0.25) is 11.1 Å². The minimum atomic E-state index is -0.218. The van der Waals surface area contributed by atoms with Gasteiger partial charge in [-0.15, -0.1) is 5.10 Å². The quantitative estimate of drug-likeness (QED) is 0.514. The maximum atomic E-state index is 12.1. The molecule has 0 aliphatic carbocycles. The number of H-pyrrole nitrogens is 1. The highest BCUT2D eigenvalue weighted by Crippen LogP contribution is 2.31. The first-order chi connectivity index (χ1) is 13.0. The fourth-order valence-corrected chi connectivity index (χ4v) is 3.27. The lowest BCUT2D eigenvalue weighted by Gasteiger charge is -2.06. The summed E-state index contributed by atoms with van der Waals surface area (Å²) in [6, 6.07) is 10.1. The number of rotatable bonds is 6. The number of benzene rings is 2. The zero-order chi connectivity index (χ0) is 19.4. The van der Waals surface area contributed by atoms with Gasteiger partial charge in [-0.05, 0) is 36.4 Å². The number of methoxy groups -OCH3 is 1. The topological polar surface area (TPSA) is 79.9 Å². The third kappa shape index (κ3) is 5.07. The molecule has 27 heavy (non-hydrogen) atoms. The molecule has 0 saturated heterocycles. The number of ether oxygens (including phenoxy) is 1. The number of carbonyl (C=O) groups excluding carboxylic acids is 1. The predicted molar refractivity (Wildman–Crippen MR) is 109 cm³/mol. The third-order valence-electron chi connectivity index (χ3n) is 3.42. The number of amides is 1. The van der Waals surface area contributed by atoms with Gasteiger partial charge in [-0.2, -0.15) is 0 Å². The molecule has 3 rings (SSSR count). The molecule has 0 atom stereocenters. The van der Waals surface area contributed by atoms with Gasteiger partial charge in [0.15, 0.2) is 5.82 Å². The van der Waals surface area contributed by atoms with E-state index in [0.717, 1.165) is 0 Å². The minimum Gasteiger partial charge on any atom is -0.496 e. The third-order valence-corrected chi connectivity index (χ3v) is 5.24. The Morgan fingerprint density at radius 1 is 1.19 bits per heavy atom. The van der Waals surface area contributed by atoms with Crippen LogP contribution in [0.3, 0.4) is 0 Å². The highest BCUT2D eigenvalue weighted by molar-refractivity contribution is 7.99. The number of hydrogen-bond donors (Lipinski definition) is 2. The maximum absolute atomic E-state index is 12.1. The summed E-state index contributed by atoms with van der Waals surface area (Å²) in [7, 11) is 1.56. The van der Waals surface area contributed by atoms with Crippen molar-refractivity contribution in [2.75, 3.05) is 18.2 Å². The molecule has 1 amide bonds. The molecule has 1 heterocycles. The first-order valence-electron chi connectivity index (χ1n) is 7.60. The summed E-state index contributed by atoms with van der Waals surface area (Å²) in [6.07, 6.45) is 0. The van der Waals surface area contributed by atoms with E-state index in [1.807, 2.05) is 0 Å². The van der Waals surface area contributed by atoms with Gasteiger partial charge in [0.25, 0.3) is 0 Å². The number of nitrogens with one attached hydrogen (secondary N) is 2. The zero-order valence-corrected chi connectivity index (χ0v) is 17.0. The smallest absolute Gasteiger partial charge is 0.234 e. The van der Waals surface area contributed by atoms with E-state index in [2.05, 4.69) is 20.5 Å². The van der Waals surface area contributed by atoms with Crippen LogP contribution >= 0.6 is 46.6 Å². The second-order valence-corrected chi connectivity index (χ2v) is 7.47. The van der Waals surface area contributed by atoms with E-state index < -0.39 is 0 Å². The van der Waals surface area contributed by atoms with E-state index in [1.54, 1.807) is 43.5 Å². The lowest BCUT2D eigenvalue weighted by atomic mass is 10.2. The van der Waals surface area contributed by atoms with Crippen molar-refractivity contribution < 1.29 is 9.53 Å². The number of carbonyl (C=O) groups is 1. The molecular formula is C17H13Cl3N4O2S. The molecule has 0 radical (unpaired) electrons. The van der Waals surface area contributed by atoms with E-state index in [0.29, 0.717) is 43.0 Å². The SMILES string of the molecule is COc1ccc(Cl)cc1-c1nc(SCC(=O)Nc2ccc(Cl)c(Cl)c2)n[nH]1. The van der Waals surface area contributed by atoms with E-state index in [9.17, 15) is 4.79 Å². The Bertz CT molecular complexity index is 981. The zero-order valence-electron chi connectivity index (χ0n) is 13.9. The van der Waals surface area contributed by atoms with Gasteiger partial charge in [-0.3, -0.25) is 9.89 Å². The van der Waals surface area contributed by atoms with Crippen molar-refractivity contribution in [3.8, 4) is 17.1 Å². The summed E-state index contributed by atoms with van der Waals surface area (Å²) < 4.78 is 5.31. The molecule has 0 aliphatic heterocycles. The van der Waals surface area contributed by atoms with Crippen molar-refractivity contribution in [1.29, 1.82) is 0 Å². The van der Waals surface area contributed by atoms with Crippen molar-refractivity contribution in [2.45, 2.75) is 5.16 Å². The monoisotopic (exact) mass is 442 g/mol. The Labute approximate surface area is 174 Å². The van der Waals surface area contributed by atoms with E-state index in [4.69, 9.17) is 39.5 Å². The van der Waals surface area contributed by atoms with Crippen LogP contribution in [0.25, 0.3) is 11.4 Å². The van der Waals surface area contributed by atoms with Crippen molar-refractivity contribution in [3.05, 3.63) is 51.5 Å². The number of aromatic amines is 1. The van der Waals surface area contributed by atoms with Crippen molar-refractivity contribution >= 4 is 58.2 Å². The van der Waals surface area contributed by atoms with Gasteiger partial charge in [0.1, 0.15) is 5.75 Å². The highest BCUT2D eigenvalue weighted by Gasteiger charge is 2.13. The Balaban J connectivity index is 1.63. The highest BCUT2D eigenvalue weighted by atomic mass is 35.5. The summed E-state index contributed by atoms with van der Waals surface area (Å²) in [5.74, 6) is 1.03. The largest absolute Gasteiger partial charge is 0.496 e. The van der Waals surface area contributed by atoms with Crippen LogP contribution in [0.4, 0.5) is 5.69 Å². The Hall–Kier alpha value is -1.93. The van der Waals surface area contributed by atoms with Crippen LogP contribution in [-0.4, -0.2) is 34.0 Å². The Kier molecular flexibility index (Phi) is 6.49. The summed E-state index contributed by atoms with van der Waals surface area (Å²) in [5, 5.41) is 11.5. The molecule has 2 N–H and O–H groups in total. The fraction of sp³-hybridized carbons (Fsp3) is 0.118. The van der Waals surface area contributed by atoms with E-state index >= 15 is 0 Å². The van der Waals surface area contributed by atoms with Gasteiger partial charge < -0.3 is 10.1 Å². The average Bonchev–Trinajstić information content (AvgIpc) is 3.12. The van der Waals surface area contributed by atoms with Gasteiger partial charge >= 0.3 is 0 Å². The summed E-state index contributed by atoms with van der Waals surface area (Å²) >= 11 is 19.0. The molecule has 3 aromatic rings. The van der Waals surface area contributed by atoms with Crippen molar-refractivity contribution in [3.63, 3.8) is 0 Å². The molecule has 0 aliphatic rings. The Morgan fingerprint density at radius 3 is 2.74 bits per heavy atom. The minimum absolute atomic E-state index is 0.129.